The molecule has 0 fully saturated rings. The van der Waals surface area contributed by atoms with E-state index in [-0.39, 0.29) is 30.3 Å². The number of para-hydroxylation sites is 1. The molecule has 0 unspecified atom stereocenters. The summed E-state index contributed by atoms with van der Waals surface area (Å²) in [5, 5.41) is 35.7. The van der Waals surface area contributed by atoms with Crippen LogP contribution in [0.3, 0.4) is 0 Å². The van der Waals surface area contributed by atoms with Gasteiger partial charge in [0, 0.05) is 24.2 Å². The number of ether oxygens (including phenoxy) is 1. The lowest BCUT2D eigenvalue weighted by Crippen LogP contribution is -2.06. The van der Waals surface area contributed by atoms with Crippen LogP contribution in [0.4, 0.5) is 0 Å². The number of aryl methyl sites for hydroxylation is 1. The van der Waals surface area contributed by atoms with E-state index in [0.29, 0.717) is 16.8 Å². The molecule has 1 aromatic heterocycles. The summed E-state index contributed by atoms with van der Waals surface area (Å²) in [6.07, 6.45) is 1.45. The van der Waals surface area contributed by atoms with E-state index in [1.165, 1.54) is 25.3 Å². The number of aliphatic hydroxyl groups excluding tert-OH is 2. The fourth-order valence-corrected chi connectivity index (χ4v) is 1.88. The summed E-state index contributed by atoms with van der Waals surface area (Å²) in [6, 6.07) is 5.98. The van der Waals surface area contributed by atoms with Gasteiger partial charge >= 0.3 is 11.9 Å². The van der Waals surface area contributed by atoms with Gasteiger partial charge in [0.2, 0.25) is 0 Å². The predicted molar refractivity (Wildman–Crippen MR) is 87.2 cm³/mol. The Morgan fingerprint density at radius 3 is 2.32 bits per heavy atom. The number of nitrogens with zero attached hydrogens (tertiary/aromatic N) is 1. The monoisotopic (exact) mass is 349 g/mol. The van der Waals surface area contributed by atoms with E-state index in [1.54, 1.807) is 19.1 Å². The lowest BCUT2D eigenvalue weighted by molar-refractivity contribution is -0.131. The van der Waals surface area contributed by atoms with Gasteiger partial charge in [-0.2, -0.15) is 0 Å². The van der Waals surface area contributed by atoms with Gasteiger partial charge in [0.05, 0.1) is 18.9 Å². The third-order valence-corrected chi connectivity index (χ3v) is 3.13. The number of hydrogen-bond donors (Lipinski definition) is 4. The minimum absolute atomic E-state index is 0.0160. The van der Waals surface area contributed by atoms with Crippen molar-refractivity contribution in [1.82, 2.24) is 4.98 Å². The third kappa shape index (κ3) is 5.55. The van der Waals surface area contributed by atoms with Crippen LogP contribution in [0.2, 0.25) is 0 Å². The molecule has 0 aliphatic carbocycles. The number of hydrogen-bond acceptors (Lipinski definition) is 7. The van der Waals surface area contributed by atoms with Gasteiger partial charge < -0.3 is 25.2 Å². The van der Waals surface area contributed by atoms with Gasteiger partial charge in [-0.05, 0) is 19.1 Å². The Hall–Kier alpha value is -2.97. The van der Waals surface area contributed by atoms with Gasteiger partial charge in [-0.15, -0.1) is 0 Å². The molecule has 0 amide bonds. The molecule has 1 heterocycles. The summed E-state index contributed by atoms with van der Waals surface area (Å²) >= 11 is 0. The Balaban J connectivity index is 0.000000251. The molecule has 4 N–H and O–H groups in total. The van der Waals surface area contributed by atoms with Crippen molar-refractivity contribution < 1.29 is 34.8 Å². The Kier molecular flexibility index (Phi) is 7.51. The van der Waals surface area contributed by atoms with E-state index in [0.717, 1.165) is 0 Å². The van der Waals surface area contributed by atoms with E-state index < -0.39 is 11.9 Å². The number of benzene rings is 1. The SMILES string of the molecule is CC(=O)Oc1ccccc1C(=O)O.Cc1ncc(CO)c(CO)c1O. The molecule has 0 saturated heterocycles. The average Bonchev–Trinajstić information content (AvgIpc) is 2.57. The zero-order chi connectivity index (χ0) is 19.0. The van der Waals surface area contributed by atoms with Crippen LogP contribution in [-0.4, -0.2) is 37.3 Å². The summed E-state index contributed by atoms with van der Waals surface area (Å²) in [7, 11) is 0. The number of aromatic hydroxyl groups is 1. The number of carboxylic acid groups (broad SMARTS) is 1. The Morgan fingerprint density at radius 2 is 1.80 bits per heavy atom. The molecule has 8 heteroatoms. The van der Waals surface area contributed by atoms with Crippen molar-refractivity contribution in [1.29, 1.82) is 0 Å². The molecule has 2 rings (SSSR count). The number of carboxylic acids is 1. The van der Waals surface area contributed by atoms with Crippen molar-refractivity contribution in [2.24, 2.45) is 0 Å². The molecule has 25 heavy (non-hydrogen) atoms. The van der Waals surface area contributed by atoms with Crippen LogP contribution in [-0.2, 0) is 18.0 Å². The minimum atomic E-state index is -1.11. The highest BCUT2D eigenvalue weighted by Gasteiger charge is 2.11. The van der Waals surface area contributed by atoms with Gasteiger partial charge in [0.25, 0.3) is 0 Å². The number of aliphatic hydroxyl groups is 2. The second-order valence-corrected chi connectivity index (χ2v) is 4.91. The van der Waals surface area contributed by atoms with E-state index in [2.05, 4.69) is 9.72 Å². The molecular weight excluding hydrogens is 330 g/mol. The first-order chi connectivity index (χ1) is 11.8. The second-order valence-electron chi connectivity index (χ2n) is 4.91. The zero-order valence-corrected chi connectivity index (χ0v) is 13.8. The number of aromatic carboxylic acids is 1. The highest BCUT2D eigenvalue weighted by atomic mass is 16.5. The van der Waals surface area contributed by atoms with Gasteiger partial charge in [-0.25, -0.2) is 4.79 Å². The van der Waals surface area contributed by atoms with Crippen LogP contribution >= 0.6 is 0 Å². The van der Waals surface area contributed by atoms with Gasteiger partial charge in [-0.3, -0.25) is 9.78 Å². The summed E-state index contributed by atoms with van der Waals surface area (Å²) in [5.41, 5.74) is 1.25. The van der Waals surface area contributed by atoms with Crippen LogP contribution in [0.5, 0.6) is 11.5 Å². The first-order valence-electron chi connectivity index (χ1n) is 7.20. The Labute approximate surface area is 144 Å². The molecule has 134 valence electrons. The Morgan fingerprint density at radius 1 is 1.16 bits per heavy atom. The molecule has 0 radical (unpaired) electrons. The van der Waals surface area contributed by atoms with Crippen molar-refractivity contribution in [3.63, 3.8) is 0 Å². The van der Waals surface area contributed by atoms with E-state index in [4.69, 9.17) is 15.3 Å². The van der Waals surface area contributed by atoms with E-state index in [1.807, 2.05) is 0 Å². The first-order valence-corrected chi connectivity index (χ1v) is 7.20. The molecule has 0 atom stereocenters. The smallest absolute Gasteiger partial charge is 0.339 e. The molecule has 2 aromatic rings. The number of aromatic nitrogens is 1. The molecule has 0 aliphatic heterocycles. The maximum atomic E-state index is 10.6. The van der Waals surface area contributed by atoms with Crippen LogP contribution < -0.4 is 4.74 Å². The number of esters is 1. The van der Waals surface area contributed by atoms with Gasteiger partial charge in [0.15, 0.2) is 0 Å². The van der Waals surface area contributed by atoms with E-state index >= 15 is 0 Å². The van der Waals surface area contributed by atoms with Crippen molar-refractivity contribution in [2.45, 2.75) is 27.1 Å². The summed E-state index contributed by atoms with van der Waals surface area (Å²) in [6.45, 7) is 2.34. The fourth-order valence-electron chi connectivity index (χ4n) is 1.88. The van der Waals surface area contributed by atoms with Gasteiger partial charge in [0.1, 0.15) is 17.1 Å². The van der Waals surface area contributed by atoms with Crippen molar-refractivity contribution >= 4 is 11.9 Å². The van der Waals surface area contributed by atoms with Crippen LogP contribution in [0, 0.1) is 6.92 Å². The van der Waals surface area contributed by atoms with Crippen molar-refractivity contribution in [3.8, 4) is 11.5 Å². The fraction of sp³-hybridized carbons (Fsp3) is 0.235. The third-order valence-electron chi connectivity index (χ3n) is 3.13. The normalized spacial score (nSPS) is 9.76. The average molecular weight is 349 g/mol. The van der Waals surface area contributed by atoms with Crippen LogP contribution in [0.25, 0.3) is 0 Å². The lowest BCUT2D eigenvalue weighted by Gasteiger charge is -2.07. The summed E-state index contributed by atoms with van der Waals surface area (Å²) in [4.78, 5) is 25.0. The van der Waals surface area contributed by atoms with Crippen molar-refractivity contribution in [2.75, 3.05) is 0 Å². The van der Waals surface area contributed by atoms with Crippen LogP contribution in [0.1, 0.15) is 34.1 Å². The van der Waals surface area contributed by atoms with Gasteiger partial charge in [-0.1, -0.05) is 12.1 Å². The molecule has 0 saturated carbocycles. The maximum absolute atomic E-state index is 10.6. The molecule has 0 aliphatic rings. The molecule has 8 nitrogen and oxygen atoms in total. The molecule has 0 bridgehead atoms. The minimum Gasteiger partial charge on any atom is -0.506 e. The van der Waals surface area contributed by atoms with E-state index in [9.17, 15) is 14.7 Å². The highest BCUT2D eigenvalue weighted by Crippen LogP contribution is 2.23. The van der Waals surface area contributed by atoms with Crippen molar-refractivity contribution in [3.05, 3.63) is 52.8 Å². The number of rotatable bonds is 4. The standard InChI is InChI=1S/C9H8O4.C8H11NO3/c1-6(10)13-8-5-3-2-4-7(8)9(11)12;1-5-8(12)7(4-11)6(3-10)2-9-5/h2-5H,1H3,(H,11,12);2,10-12H,3-4H2,1H3. The number of carbonyl (C=O) groups excluding carboxylic acids is 1. The predicted octanol–water partition coefficient (Wildman–Crippen LogP) is 1.39. The quantitative estimate of drug-likeness (QED) is 0.480. The summed E-state index contributed by atoms with van der Waals surface area (Å²) < 4.78 is 4.69. The topological polar surface area (TPSA) is 137 Å². The first kappa shape index (κ1) is 20.1. The maximum Gasteiger partial charge on any atom is 0.339 e. The summed E-state index contributed by atoms with van der Waals surface area (Å²) in [5.74, 6) is -1.61. The highest BCUT2D eigenvalue weighted by molar-refractivity contribution is 5.91. The lowest BCUT2D eigenvalue weighted by atomic mass is 10.1. The zero-order valence-electron chi connectivity index (χ0n) is 13.8. The molecule has 0 spiro atoms. The second kappa shape index (κ2) is 9.36. The molecule has 1 aromatic carbocycles. The number of carbonyl (C=O) groups is 2. The Bertz CT molecular complexity index is 759. The largest absolute Gasteiger partial charge is 0.506 e. The van der Waals surface area contributed by atoms with Crippen LogP contribution in [0.15, 0.2) is 30.5 Å². The molecular formula is C17H19NO7. The number of pyridine rings is 1.